The van der Waals surface area contributed by atoms with Crippen molar-refractivity contribution >= 4 is 23.9 Å². The number of rotatable bonds is 5. The molecule has 1 aromatic rings. The molecule has 1 aromatic carbocycles. The van der Waals surface area contributed by atoms with E-state index in [2.05, 4.69) is 5.32 Å². The maximum atomic E-state index is 12.2. The fourth-order valence-corrected chi connectivity index (χ4v) is 2.46. The molecule has 1 aliphatic rings. The van der Waals surface area contributed by atoms with Gasteiger partial charge in [0.05, 0.1) is 12.5 Å². The summed E-state index contributed by atoms with van der Waals surface area (Å²) < 4.78 is 5.24. The van der Waals surface area contributed by atoms with Crippen LogP contribution in [-0.4, -0.2) is 34.5 Å². The Morgan fingerprint density at radius 3 is 2.19 bits per heavy atom. The molecule has 2 rings (SSSR count). The van der Waals surface area contributed by atoms with Gasteiger partial charge in [-0.25, -0.2) is 9.59 Å². The summed E-state index contributed by atoms with van der Waals surface area (Å²) in [5.74, 6) is -1.92. The van der Waals surface area contributed by atoms with Crippen LogP contribution in [0.5, 0.6) is 0 Å². The molecule has 0 bridgehead atoms. The zero-order chi connectivity index (χ0) is 20.2. The number of hydroxylamine groups is 2. The first kappa shape index (κ1) is 20.4. The van der Waals surface area contributed by atoms with Crippen molar-refractivity contribution in [2.45, 2.75) is 58.6 Å². The van der Waals surface area contributed by atoms with Crippen LogP contribution in [0.4, 0.5) is 4.79 Å². The summed E-state index contributed by atoms with van der Waals surface area (Å²) in [7, 11) is 0. The van der Waals surface area contributed by atoms with Gasteiger partial charge in [-0.05, 0) is 33.3 Å². The lowest BCUT2D eigenvalue weighted by Gasteiger charge is -2.24. The molecule has 0 saturated carbocycles. The van der Waals surface area contributed by atoms with E-state index in [4.69, 9.17) is 9.57 Å². The molecule has 3 amide bonds. The number of hydrogen-bond donors (Lipinski definition) is 1. The average Bonchev–Trinajstić information content (AvgIpc) is 2.85. The quantitative estimate of drug-likeness (QED) is 0.793. The van der Waals surface area contributed by atoms with Gasteiger partial charge in [0.1, 0.15) is 5.60 Å². The Morgan fingerprint density at radius 1 is 1.11 bits per heavy atom. The highest BCUT2D eigenvalue weighted by Gasteiger charge is 2.33. The van der Waals surface area contributed by atoms with Gasteiger partial charge in [0.15, 0.2) is 0 Å². The van der Waals surface area contributed by atoms with Crippen molar-refractivity contribution in [1.29, 1.82) is 0 Å². The first-order valence-corrected chi connectivity index (χ1v) is 8.68. The van der Waals surface area contributed by atoms with Crippen molar-refractivity contribution in [2.24, 2.45) is 0 Å². The fourth-order valence-electron chi connectivity index (χ4n) is 2.46. The first-order chi connectivity index (χ1) is 12.5. The zero-order valence-corrected chi connectivity index (χ0v) is 15.9. The number of aryl methyl sites for hydroxylation is 1. The third-order valence-corrected chi connectivity index (χ3v) is 3.74. The van der Waals surface area contributed by atoms with Gasteiger partial charge < -0.3 is 14.9 Å². The SMILES string of the molecule is Cc1ccc(C(CC(=O)ON2C(=O)CCC2=O)NC(=O)OC(C)(C)C)cc1. The molecule has 0 radical (unpaired) electrons. The maximum absolute atomic E-state index is 12.2. The zero-order valence-electron chi connectivity index (χ0n) is 15.9. The van der Waals surface area contributed by atoms with Crippen molar-refractivity contribution in [3.8, 4) is 0 Å². The molecule has 8 heteroatoms. The largest absolute Gasteiger partial charge is 0.444 e. The standard InChI is InChI=1S/C19H24N2O6/c1-12-5-7-13(8-6-12)14(20-18(25)26-19(2,3)4)11-17(24)27-21-15(22)9-10-16(21)23/h5-8,14H,9-11H2,1-4H3,(H,20,25). The van der Waals surface area contributed by atoms with Gasteiger partial charge >= 0.3 is 12.1 Å². The summed E-state index contributed by atoms with van der Waals surface area (Å²) in [5, 5.41) is 3.13. The Labute approximate surface area is 157 Å². The van der Waals surface area contributed by atoms with E-state index < -0.39 is 35.5 Å². The lowest BCUT2D eigenvalue weighted by atomic mass is 10.0. The molecular weight excluding hydrogens is 352 g/mol. The Hall–Kier alpha value is -2.90. The van der Waals surface area contributed by atoms with Crippen LogP contribution in [0.15, 0.2) is 24.3 Å². The Morgan fingerprint density at radius 2 is 1.67 bits per heavy atom. The summed E-state index contributed by atoms with van der Waals surface area (Å²) in [6, 6.07) is 6.50. The number of ether oxygens (including phenoxy) is 1. The van der Waals surface area contributed by atoms with Crippen LogP contribution in [0, 0.1) is 6.92 Å². The van der Waals surface area contributed by atoms with Gasteiger partial charge in [-0.15, -0.1) is 5.06 Å². The van der Waals surface area contributed by atoms with E-state index in [1.165, 1.54) is 0 Å². The van der Waals surface area contributed by atoms with Crippen LogP contribution in [-0.2, 0) is 24.0 Å². The van der Waals surface area contributed by atoms with Gasteiger partial charge in [-0.1, -0.05) is 29.8 Å². The van der Waals surface area contributed by atoms with E-state index in [1.807, 2.05) is 19.1 Å². The van der Waals surface area contributed by atoms with Crippen LogP contribution in [0.2, 0.25) is 0 Å². The fraction of sp³-hybridized carbons (Fsp3) is 0.474. The van der Waals surface area contributed by atoms with Gasteiger partial charge in [0.25, 0.3) is 11.8 Å². The number of carbonyl (C=O) groups excluding carboxylic acids is 4. The molecule has 8 nitrogen and oxygen atoms in total. The summed E-state index contributed by atoms with van der Waals surface area (Å²) in [6.07, 6.45) is -0.915. The molecule has 1 fully saturated rings. The molecular formula is C19H24N2O6. The van der Waals surface area contributed by atoms with Gasteiger partial charge in [-0.3, -0.25) is 9.59 Å². The minimum atomic E-state index is -0.805. The van der Waals surface area contributed by atoms with Gasteiger partial charge in [0, 0.05) is 12.8 Å². The normalized spacial score (nSPS) is 15.5. The minimum absolute atomic E-state index is 0.0175. The second-order valence-corrected chi connectivity index (χ2v) is 7.36. The van der Waals surface area contributed by atoms with Crippen LogP contribution in [0.3, 0.4) is 0 Å². The van der Waals surface area contributed by atoms with E-state index in [1.54, 1.807) is 32.9 Å². The highest BCUT2D eigenvalue weighted by atomic mass is 16.7. The molecule has 1 aliphatic heterocycles. The van der Waals surface area contributed by atoms with Crippen LogP contribution >= 0.6 is 0 Å². The molecule has 1 unspecified atom stereocenters. The first-order valence-electron chi connectivity index (χ1n) is 8.68. The number of benzene rings is 1. The molecule has 146 valence electrons. The van der Waals surface area contributed by atoms with Crippen LogP contribution < -0.4 is 5.32 Å². The number of nitrogens with zero attached hydrogens (tertiary/aromatic N) is 1. The Bertz CT molecular complexity index is 720. The van der Waals surface area contributed by atoms with Gasteiger partial charge in [0.2, 0.25) is 0 Å². The van der Waals surface area contributed by atoms with E-state index >= 15 is 0 Å². The van der Waals surface area contributed by atoms with Crippen molar-refractivity contribution in [1.82, 2.24) is 10.4 Å². The average molecular weight is 376 g/mol. The van der Waals surface area contributed by atoms with E-state index in [-0.39, 0.29) is 19.3 Å². The molecule has 27 heavy (non-hydrogen) atoms. The number of alkyl carbamates (subject to hydrolysis) is 1. The number of nitrogens with one attached hydrogen (secondary N) is 1. The monoisotopic (exact) mass is 376 g/mol. The predicted molar refractivity (Wildman–Crippen MR) is 95.1 cm³/mol. The maximum Gasteiger partial charge on any atom is 0.408 e. The third-order valence-electron chi connectivity index (χ3n) is 3.74. The smallest absolute Gasteiger partial charge is 0.408 e. The van der Waals surface area contributed by atoms with E-state index in [0.29, 0.717) is 10.6 Å². The van der Waals surface area contributed by atoms with Crippen molar-refractivity contribution in [3.63, 3.8) is 0 Å². The highest BCUT2D eigenvalue weighted by Crippen LogP contribution is 2.21. The Kier molecular flexibility index (Phi) is 6.20. The topological polar surface area (TPSA) is 102 Å². The molecule has 1 N–H and O–H groups in total. The lowest BCUT2D eigenvalue weighted by molar-refractivity contribution is -0.197. The van der Waals surface area contributed by atoms with E-state index in [9.17, 15) is 19.2 Å². The lowest BCUT2D eigenvalue weighted by Crippen LogP contribution is -2.37. The summed E-state index contributed by atoms with van der Waals surface area (Å²) in [6.45, 7) is 7.10. The summed E-state index contributed by atoms with van der Waals surface area (Å²) in [5.41, 5.74) is 0.990. The highest BCUT2D eigenvalue weighted by molar-refractivity contribution is 6.01. The molecule has 1 atom stereocenters. The third kappa shape index (κ3) is 6.09. The second kappa shape index (κ2) is 8.20. The van der Waals surface area contributed by atoms with Crippen molar-refractivity contribution in [3.05, 3.63) is 35.4 Å². The molecule has 0 aliphatic carbocycles. The minimum Gasteiger partial charge on any atom is -0.444 e. The number of amides is 3. The molecule has 1 saturated heterocycles. The molecule has 0 spiro atoms. The number of carbonyl (C=O) groups is 4. The van der Waals surface area contributed by atoms with Crippen molar-refractivity contribution in [2.75, 3.05) is 0 Å². The van der Waals surface area contributed by atoms with Gasteiger partial charge in [-0.2, -0.15) is 0 Å². The van der Waals surface area contributed by atoms with E-state index in [0.717, 1.165) is 5.56 Å². The summed E-state index contributed by atoms with van der Waals surface area (Å²) in [4.78, 5) is 52.5. The van der Waals surface area contributed by atoms with Crippen LogP contribution in [0.25, 0.3) is 0 Å². The number of hydrogen-bond acceptors (Lipinski definition) is 6. The van der Waals surface area contributed by atoms with Crippen molar-refractivity contribution < 1.29 is 28.8 Å². The summed E-state index contributed by atoms with van der Waals surface area (Å²) >= 11 is 0. The second-order valence-electron chi connectivity index (χ2n) is 7.36. The molecule has 1 heterocycles. The molecule has 0 aromatic heterocycles. The Balaban J connectivity index is 2.10. The van der Waals surface area contributed by atoms with Crippen LogP contribution in [0.1, 0.15) is 57.2 Å². The number of imide groups is 1. The predicted octanol–water partition coefficient (Wildman–Crippen LogP) is 2.56.